The van der Waals surface area contributed by atoms with Gasteiger partial charge in [-0.15, -0.1) is 0 Å². The fourth-order valence-electron chi connectivity index (χ4n) is 2.45. The molecule has 0 radical (unpaired) electrons. The Hall–Kier alpha value is -1.70. The van der Waals surface area contributed by atoms with E-state index in [9.17, 15) is 14.9 Å². The highest BCUT2D eigenvalue weighted by atomic mass is 79.9. The Bertz CT molecular complexity index is 552. The van der Waals surface area contributed by atoms with Crippen LogP contribution >= 0.6 is 15.9 Å². The van der Waals surface area contributed by atoms with Gasteiger partial charge in [-0.3, -0.25) is 10.1 Å². The van der Waals surface area contributed by atoms with E-state index < -0.39 is 11.0 Å². The zero-order valence-electron chi connectivity index (χ0n) is 11.6. The van der Waals surface area contributed by atoms with Crippen molar-refractivity contribution in [3.05, 3.63) is 26.9 Å². The van der Waals surface area contributed by atoms with Crippen molar-refractivity contribution in [3.8, 4) is 0 Å². The van der Waals surface area contributed by atoms with E-state index in [0.29, 0.717) is 24.0 Å². The van der Waals surface area contributed by atoms with Crippen molar-refractivity contribution >= 4 is 33.4 Å². The Kier molecular flexibility index (Phi) is 5.11. The minimum atomic E-state index is -0.508. The van der Waals surface area contributed by atoms with Crippen LogP contribution in [0.15, 0.2) is 16.7 Å². The molecule has 1 unspecified atom stereocenters. The molecule has 0 aliphatic carbocycles. The van der Waals surface area contributed by atoms with E-state index in [1.54, 1.807) is 11.8 Å². The molecule has 0 saturated carbocycles. The molecule has 0 spiro atoms. The number of ether oxygens (including phenoxy) is 1. The molecule has 2 heterocycles. The molecule has 0 N–H and O–H groups in total. The summed E-state index contributed by atoms with van der Waals surface area (Å²) in [4.78, 5) is 28.6. The highest BCUT2D eigenvalue weighted by Gasteiger charge is 2.34. The molecule has 7 nitrogen and oxygen atoms in total. The highest BCUT2D eigenvalue weighted by Crippen LogP contribution is 2.33. The summed E-state index contributed by atoms with van der Waals surface area (Å²) in [6.07, 6.45) is 3.88. The second-order valence-corrected chi connectivity index (χ2v) is 5.63. The molecule has 0 bridgehead atoms. The molecule has 1 saturated heterocycles. The summed E-state index contributed by atoms with van der Waals surface area (Å²) in [6.45, 7) is 2.59. The molecule has 1 aromatic rings. The summed E-state index contributed by atoms with van der Waals surface area (Å²) in [5, 5.41) is 11.2. The van der Waals surface area contributed by atoms with Crippen LogP contribution in [0.5, 0.6) is 0 Å². The van der Waals surface area contributed by atoms with Crippen LogP contribution in [-0.2, 0) is 9.53 Å². The molecule has 1 aromatic heterocycles. The van der Waals surface area contributed by atoms with Gasteiger partial charge >= 0.3 is 11.7 Å². The Morgan fingerprint density at radius 1 is 1.62 bits per heavy atom. The first-order valence-corrected chi connectivity index (χ1v) is 7.57. The quantitative estimate of drug-likeness (QED) is 0.467. The van der Waals surface area contributed by atoms with Crippen LogP contribution in [0.3, 0.4) is 0 Å². The number of esters is 1. The van der Waals surface area contributed by atoms with Gasteiger partial charge in [0.05, 0.1) is 11.5 Å². The van der Waals surface area contributed by atoms with E-state index >= 15 is 0 Å². The molecular formula is C13H16BrN3O4. The fourth-order valence-corrected chi connectivity index (χ4v) is 2.76. The smallest absolute Gasteiger partial charge is 0.328 e. The number of nitro groups is 1. The topological polar surface area (TPSA) is 85.6 Å². The lowest BCUT2D eigenvalue weighted by molar-refractivity contribution is -0.384. The van der Waals surface area contributed by atoms with Crippen molar-refractivity contribution in [1.82, 2.24) is 4.98 Å². The van der Waals surface area contributed by atoms with Crippen molar-refractivity contribution < 1.29 is 14.5 Å². The first-order valence-electron chi connectivity index (χ1n) is 6.77. The number of hydrogen-bond donors (Lipinski definition) is 0. The van der Waals surface area contributed by atoms with Gasteiger partial charge in [-0.2, -0.15) is 0 Å². The molecule has 21 heavy (non-hydrogen) atoms. The van der Waals surface area contributed by atoms with Crippen molar-refractivity contribution in [2.24, 2.45) is 0 Å². The van der Waals surface area contributed by atoms with Crippen molar-refractivity contribution in [2.45, 2.75) is 32.2 Å². The zero-order chi connectivity index (χ0) is 15.4. The maximum Gasteiger partial charge on any atom is 0.328 e. The number of piperidine rings is 1. The number of anilines is 1. The van der Waals surface area contributed by atoms with Gasteiger partial charge in [0.15, 0.2) is 0 Å². The van der Waals surface area contributed by atoms with Gasteiger partial charge in [0.2, 0.25) is 5.82 Å². The Morgan fingerprint density at radius 2 is 2.38 bits per heavy atom. The molecule has 1 aliphatic rings. The first-order chi connectivity index (χ1) is 10.0. The number of pyridine rings is 1. The van der Waals surface area contributed by atoms with Crippen LogP contribution in [0, 0.1) is 10.1 Å². The third-order valence-corrected chi connectivity index (χ3v) is 3.78. The molecule has 1 atom stereocenters. The number of aromatic nitrogens is 1. The number of nitrogens with zero attached hydrogens (tertiary/aromatic N) is 3. The second kappa shape index (κ2) is 6.84. The van der Waals surface area contributed by atoms with E-state index in [0.717, 1.165) is 12.8 Å². The van der Waals surface area contributed by atoms with Gasteiger partial charge in [0.1, 0.15) is 6.04 Å². The van der Waals surface area contributed by atoms with Crippen LogP contribution in [0.4, 0.5) is 11.5 Å². The van der Waals surface area contributed by atoms with Gasteiger partial charge < -0.3 is 9.64 Å². The monoisotopic (exact) mass is 357 g/mol. The van der Waals surface area contributed by atoms with Gasteiger partial charge in [-0.25, -0.2) is 9.78 Å². The van der Waals surface area contributed by atoms with Crippen molar-refractivity contribution in [3.63, 3.8) is 0 Å². The normalized spacial score (nSPS) is 18.4. The first kappa shape index (κ1) is 15.7. The Morgan fingerprint density at radius 3 is 3.05 bits per heavy atom. The predicted octanol–water partition coefficient (Wildman–Crippen LogP) is 2.67. The third-order valence-electron chi connectivity index (χ3n) is 3.34. The number of halogens is 1. The summed E-state index contributed by atoms with van der Waals surface area (Å²) in [5.74, 6) is -0.128. The van der Waals surface area contributed by atoms with E-state index in [1.165, 1.54) is 12.3 Å². The molecule has 8 heteroatoms. The molecular weight excluding hydrogens is 342 g/mol. The number of carbonyl (C=O) groups is 1. The van der Waals surface area contributed by atoms with E-state index in [2.05, 4.69) is 20.9 Å². The maximum atomic E-state index is 12.1. The van der Waals surface area contributed by atoms with E-state index in [1.807, 2.05) is 0 Å². The standard InChI is InChI=1S/C13H16BrN3O4/c1-2-21-13(18)10-5-3-4-6-16(10)12-11(17(19)20)7-9(14)8-15-12/h7-8,10H,2-6H2,1H3. The lowest BCUT2D eigenvalue weighted by Crippen LogP contribution is -2.46. The SMILES string of the molecule is CCOC(=O)C1CCCCN1c1ncc(Br)cc1[N+](=O)[O-]. The van der Waals surface area contributed by atoms with Gasteiger partial charge in [0, 0.05) is 23.3 Å². The van der Waals surface area contributed by atoms with E-state index in [4.69, 9.17) is 4.74 Å². The van der Waals surface area contributed by atoms with Crippen LogP contribution in [-0.4, -0.2) is 35.1 Å². The van der Waals surface area contributed by atoms with Crippen LogP contribution in [0.25, 0.3) is 0 Å². The summed E-state index contributed by atoms with van der Waals surface area (Å²) < 4.78 is 5.60. The minimum Gasteiger partial charge on any atom is -0.464 e. The molecule has 1 fully saturated rings. The minimum absolute atomic E-state index is 0.111. The summed E-state index contributed by atoms with van der Waals surface area (Å²) in [7, 11) is 0. The number of carbonyl (C=O) groups excluding carboxylic acids is 1. The van der Waals surface area contributed by atoms with Crippen LogP contribution in [0.2, 0.25) is 0 Å². The second-order valence-electron chi connectivity index (χ2n) is 4.71. The van der Waals surface area contributed by atoms with Crippen LogP contribution in [0.1, 0.15) is 26.2 Å². The number of hydrogen-bond acceptors (Lipinski definition) is 6. The van der Waals surface area contributed by atoms with Gasteiger partial charge in [0.25, 0.3) is 0 Å². The van der Waals surface area contributed by atoms with Crippen molar-refractivity contribution in [1.29, 1.82) is 0 Å². The van der Waals surface area contributed by atoms with Crippen LogP contribution < -0.4 is 4.90 Å². The third kappa shape index (κ3) is 3.49. The average Bonchev–Trinajstić information content (AvgIpc) is 2.47. The average molecular weight is 358 g/mol. The fraction of sp³-hybridized carbons (Fsp3) is 0.538. The summed E-state index contributed by atoms with van der Waals surface area (Å²) in [6, 6.07) is 0.894. The molecule has 2 rings (SSSR count). The number of rotatable bonds is 4. The van der Waals surface area contributed by atoms with Crippen molar-refractivity contribution in [2.75, 3.05) is 18.1 Å². The maximum absolute atomic E-state index is 12.1. The van der Waals surface area contributed by atoms with E-state index in [-0.39, 0.29) is 17.5 Å². The molecule has 0 aromatic carbocycles. The Labute approximate surface area is 130 Å². The molecule has 0 amide bonds. The zero-order valence-corrected chi connectivity index (χ0v) is 13.2. The predicted molar refractivity (Wildman–Crippen MR) is 80.2 cm³/mol. The van der Waals surface area contributed by atoms with Gasteiger partial charge in [-0.05, 0) is 42.1 Å². The Balaban J connectivity index is 2.37. The lowest BCUT2D eigenvalue weighted by Gasteiger charge is -2.34. The molecule has 1 aliphatic heterocycles. The highest BCUT2D eigenvalue weighted by molar-refractivity contribution is 9.10. The summed E-state index contributed by atoms with van der Waals surface area (Å²) >= 11 is 3.18. The molecule has 114 valence electrons. The summed E-state index contributed by atoms with van der Waals surface area (Å²) in [5.41, 5.74) is -0.111. The largest absolute Gasteiger partial charge is 0.464 e. The van der Waals surface area contributed by atoms with Gasteiger partial charge in [-0.1, -0.05) is 0 Å². The lowest BCUT2D eigenvalue weighted by atomic mass is 10.0.